The lowest BCUT2D eigenvalue weighted by atomic mass is 10.4. The summed E-state index contributed by atoms with van der Waals surface area (Å²) in [6.45, 7) is 0.0375. The van der Waals surface area contributed by atoms with E-state index in [4.69, 9.17) is 16.5 Å². The smallest absolute Gasteiger partial charge is 0.138 e. The maximum atomic E-state index is 9.12. The van der Waals surface area contributed by atoms with Gasteiger partial charge < -0.3 is 4.89 Å². The summed E-state index contributed by atoms with van der Waals surface area (Å²) in [5.41, 5.74) is 0. The molecule has 0 spiro atoms. The van der Waals surface area contributed by atoms with Gasteiger partial charge in [0, 0.05) is 0 Å². The zero-order valence-electron chi connectivity index (χ0n) is 14.7. The SMILES string of the molecule is C/C(Cl)=C\[P+](c1ccccc1)(c1ccccc1)c1ccccc1.[O-]P(Cl)Cl. The summed E-state index contributed by atoms with van der Waals surface area (Å²) >= 11 is 15.5. The second kappa shape index (κ2) is 11.2. The Hall–Kier alpha value is -0.910. The van der Waals surface area contributed by atoms with Crippen molar-refractivity contribution < 1.29 is 4.89 Å². The first-order valence-electron chi connectivity index (χ1n) is 8.16. The molecule has 0 aliphatic carbocycles. The molecule has 0 heterocycles. The lowest BCUT2D eigenvalue weighted by molar-refractivity contribution is -0.148. The minimum atomic E-state index is -1.93. The van der Waals surface area contributed by atoms with E-state index in [1.807, 2.05) is 6.92 Å². The molecule has 6 heteroatoms. The van der Waals surface area contributed by atoms with Crippen molar-refractivity contribution >= 4 is 64.1 Å². The summed E-state index contributed by atoms with van der Waals surface area (Å²) in [4.78, 5) is 9.12. The van der Waals surface area contributed by atoms with Crippen molar-refractivity contribution in [2.45, 2.75) is 6.92 Å². The largest absolute Gasteiger partial charge is 0.805 e. The van der Waals surface area contributed by atoms with E-state index in [2.05, 4.69) is 119 Å². The van der Waals surface area contributed by atoms with Gasteiger partial charge in [0.1, 0.15) is 23.2 Å². The van der Waals surface area contributed by atoms with E-state index < -0.39 is 14.1 Å². The Morgan fingerprint density at radius 3 is 1.22 bits per heavy atom. The molecule has 3 aromatic rings. The molecule has 0 aromatic heterocycles. The molecule has 0 aliphatic rings. The molecule has 0 N–H and O–H groups in total. The molecule has 0 radical (unpaired) electrons. The normalized spacial score (nSPS) is 11.7. The third-order valence-electron chi connectivity index (χ3n) is 3.86. The Morgan fingerprint density at radius 2 is 1.00 bits per heavy atom. The van der Waals surface area contributed by atoms with Gasteiger partial charge in [0.25, 0.3) is 0 Å². The van der Waals surface area contributed by atoms with Crippen LogP contribution < -0.4 is 20.8 Å². The van der Waals surface area contributed by atoms with Gasteiger partial charge in [0.15, 0.2) is 0 Å². The fourth-order valence-corrected chi connectivity index (χ4v) is 7.17. The van der Waals surface area contributed by atoms with E-state index in [0.29, 0.717) is 0 Å². The highest BCUT2D eigenvalue weighted by Gasteiger charge is 2.43. The molecule has 27 heavy (non-hydrogen) atoms. The zero-order chi connectivity index (χ0) is 19.7. The Balaban J connectivity index is 0.000000596. The molecule has 0 unspecified atom stereocenters. The van der Waals surface area contributed by atoms with Crippen LogP contribution in [-0.4, -0.2) is 0 Å². The molecule has 0 bridgehead atoms. The Bertz CT molecular complexity index is 738. The van der Waals surface area contributed by atoms with Crippen LogP contribution in [0.15, 0.2) is 102 Å². The first kappa shape index (κ1) is 22.4. The summed E-state index contributed by atoms with van der Waals surface area (Å²) in [6, 6.07) is 32.1. The maximum Gasteiger partial charge on any atom is 0.138 e. The number of hydrogen-bond donors (Lipinski definition) is 0. The van der Waals surface area contributed by atoms with Crippen LogP contribution in [0.5, 0.6) is 0 Å². The van der Waals surface area contributed by atoms with Crippen LogP contribution in [0, 0.1) is 0 Å². The topological polar surface area (TPSA) is 23.1 Å². The fourth-order valence-electron chi connectivity index (χ4n) is 2.93. The summed E-state index contributed by atoms with van der Waals surface area (Å²) in [5, 5.41) is 4.78. The molecule has 1 nitrogen and oxygen atoms in total. The van der Waals surface area contributed by atoms with Crippen LogP contribution in [-0.2, 0) is 0 Å². The van der Waals surface area contributed by atoms with Gasteiger partial charge in [-0.3, -0.25) is 0 Å². The van der Waals surface area contributed by atoms with Gasteiger partial charge in [0.05, 0.1) is 10.8 Å². The van der Waals surface area contributed by atoms with Gasteiger partial charge in [-0.1, -0.05) is 88.7 Å². The molecule has 0 atom stereocenters. The number of allylic oxidation sites excluding steroid dienone is 1. The standard InChI is InChI=1S/C21H19ClP.Cl2OP/c1-18(22)17-23(19-11-5-2-6-12-19,20-13-7-3-8-14-20)21-15-9-4-10-16-21;1-4(2)3/h2-17H,1H3;/q+1;-1/b18-17+;. The van der Waals surface area contributed by atoms with Crippen molar-refractivity contribution in [2.75, 3.05) is 0 Å². The maximum absolute atomic E-state index is 9.12. The van der Waals surface area contributed by atoms with Gasteiger partial charge in [0.2, 0.25) is 0 Å². The molecule has 3 rings (SSSR count). The molecular weight excluding hydrogens is 437 g/mol. The zero-order valence-corrected chi connectivity index (χ0v) is 18.7. The predicted molar refractivity (Wildman–Crippen MR) is 123 cm³/mol. The molecule has 0 saturated carbocycles. The lowest BCUT2D eigenvalue weighted by Gasteiger charge is -2.24. The van der Waals surface area contributed by atoms with Crippen LogP contribution in [0.2, 0.25) is 0 Å². The van der Waals surface area contributed by atoms with Crippen LogP contribution in [0.1, 0.15) is 6.92 Å². The van der Waals surface area contributed by atoms with Crippen LogP contribution in [0.3, 0.4) is 0 Å². The second-order valence-corrected chi connectivity index (χ2v) is 12.3. The molecule has 0 amide bonds. The quantitative estimate of drug-likeness (QED) is 0.434. The van der Waals surface area contributed by atoms with E-state index in [1.165, 1.54) is 15.9 Å². The van der Waals surface area contributed by atoms with Gasteiger partial charge in [-0.05, 0) is 50.2 Å². The molecule has 0 fully saturated rings. The summed E-state index contributed by atoms with van der Waals surface area (Å²) < 4.78 is 0. The fraction of sp³-hybridized carbons (Fsp3) is 0.0476. The number of benzene rings is 3. The lowest BCUT2D eigenvalue weighted by Crippen LogP contribution is -2.29. The molecule has 140 valence electrons. The molecular formula is C21H19Cl3OP2. The number of rotatable bonds is 4. The van der Waals surface area contributed by atoms with Gasteiger partial charge in [-0.15, -0.1) is 0 Å². The summed E-state index contributed by atoms with van der Waals surface area (Å²) in [6.07, 6.45) is 0. The average Bonchev–Trinajstić information content (AvgIpc) is 2.67. The van der Waals surface area contributed by atoms with Gasteiger partial charge >= 0.3 is 0 Å². The Kier molecular flexibility index (Phi) is 9.27. The third kappa shape index (κ3) is 6.30. The van der Waals surface area contributed by atoms with Crippen LogP contribution in [0.25, 0.3) is 0 Å². The number of hydrogen-bond acceptors (Lipinski definition) is 1. The minimum Gasteiger partial charge on any atom is -0.805 e. The molecule has 3 aromatic carbocycles. The van der Waals surface area contributed by atoms with Crippen molar-refractivity contribution in [1.29, 1.82) is 0 Å². The van der Waals surface area contributed by atoms with Crippen molar-refractivity contribution in [3.8, 4) is 0 Å². The van der Waals surface area contributed by atoms with Crippen LogP contribution >= 0.6 is 48.2 Å². The van der Waals surface area contributed by atoms with E-state index >= 15 is 0 Å². The first-order chi connectivity index (χ1) is 13.0. The van der Waals surface area contributed by atoms with E-state index in [1.54, 1.807) is 0 Å². The van der Waals surface area contributed by atoms with E-state index in [-0.39, 0.29) is 0 Å². The minimum absolute atomic E-state index is 0.829. The highest BCUT2D eigenvalue weighted by Crippen LogP contribution is 2.57. The highest BCUT2D eigenvalue weighted by molar-refractivity contribution is 7.99. The van der Waals surface area contributed by atoms with Crippen LogP contribution in [0.4, 0.5) is 0 Å². The van der Waals surface area contributed by atoms with E-state index in [9.17, 15) is 0 Å². The number of halogens is 3. The van der Waals surface area contributed by atoms with Crippen molar-refractivity contribution in [3.05, 3.63) is 102 Å². The Morgan fingerprint density at radius 1 is 0.741 bits per heavy atom. The monoisotopic (exact) mass is 454 g/mol. The van der Waals surface area contributed by atoms with E-state index in [0.717, 1.165) is 5.03 Å². The van der Waals surface area contributed by atoms with Crippen molar-refractivity contribution in [1.82, 2.24) is 0 Å². The van der Waals surface area contributed by atoms with Crippen molar-refractivity contribution in [2.24, 2.45) is 0 Å². The van der Waals surface area contributed by atoms with Gasteiger partial charge in [-0.25, -0.2) is 0 Å². The average molecular weight is 456 g/mol. The first-order valence-corrected chi connectivity index (χ1v) is 13.5. The molecule has 0 saturated heterocycles. The highest BCUT2D eigenvalue weighted by atomic mass is 35.9. The predicted octanol–water partition coefficient (Wildman–Crippen LogP) is 6.13. The summed E-state index contributed by atoms with van der Waals surface area (Å²) in [5.74, 6) is 2.26. The second-order valence-electron chi connectivity index (χ2n) is 5.65. The van der Waals surface area contributed by atoms with Gasteiger partial charge in [-0.2, -0.15) is 0 Å². The van der Waals surface area contributed by atoms with Crippen molar-refractivity contribution in [3.63, 3.8) is 0 Å². The molecule has 0 aliphatic heterocycles. The summed E-state index contributed by atoms with van der Waals surface area (Å²) in [7, 11) is -1.90. The Labute approximate surface area is 177 Å². The third-order valence-corrected chi connectivity index (χ3v) is 8.24.